The first kappa shape index (κ1) is 18.6. The van der Waals surface area contributed by atoms with E-state index in [9.17, 15) is 4.79 Å². The highest BCUT2D eigenvalue weighted by Crippen LogP contribution is 2.23. The minimum absolute atomic E-state index is 0.176. The van der Waals surface area contributed by atoms with Gasteiger partial charge in [0, 0.05) is 13.1 Å². The van der Waals surface area contributed by atoms with Crippen molar-refractivity contribution < 1.29 is 9.53 Å². The summed E-state index contributed by atoms with van der Waals surface area (Å²) in [4.78, 5) is 13.1. The molecule has 3 nitrogen and oxygen atoms in total. The maximum Gasteiger partial charge on any atom is 0.409 e. The Morgan fingerprint density at radius 2 is 1.76 bits per heavy atom. The Labute approximate surface area is 108 Å². The first-order valence-electron chi connectivity index (χ1n) is 7.00. The zero-order valence-corrected chi connectivity index (χ0v) is 12.7. The van der Waals surface area contributed by atoms with Crippen molar-refractivity contribution >= 4 is 6.09 Å². The third kappa shape index (κ3) is 7.24. The molecule has 0 aromatic heterocycles. The fraction of sp³-hybridized carbons (Fsp3) is 0.929. The van der Waals surface area contributed by atoms with Crippen molar-refractivity contribution in [2.75, 3.05) is 20.2 Å². The second-order valence-corrected chi connectivity index (χ2v) is 3.99. The van der Waals surface area contributed by atoms with Gasteiger partial charge in [0.05, 0.1) is 7.11 Å². The second-order valence-electron chi connectivity index (χ2n) is 3.99. The molecule has 104 valence electrons. The number of nitrogens with zero attached hydrogens (tertiary/aromatic N) is 1. The smallest absolute Gasteiger partial charge is 0.409 e. The summed E-state index contributed by atoms with van der Waals surface area (Å²) in [5, 5.41) is 0. The predicted molar refractivity (Wildman–Crippen MR) is 74.2 cm³/mol. The first-order chi connectivity index (χ1) is 8.17. The number of rotatable bonds is 1. The van der Waals surface area contributed by atoms with E-state index in [1.165, 1.54) is 13.5 Å². The van der Waals surface area contributed by atoms with Gasteiger partial charge >= 0.3 is 6.09 Å². The van der Waals surface area contributed by atoms with E-state index in [-0.39, 0.29) is 6.09 Å². The fourth-order valence-corrected chi connectivity index (χ4v) is 2.05. The average molecular weight is 245 g/mol. The molecule has 0 saturated carbocycles. The molecule has 1 amide bonds. The third-order valence-corrected chi connectivity index (χ3v) is 2.76. The number of carbonyl (C=O) groups is 1. The Balaban J connectivity index is 0. The zero-order chi connectivity index (χ0) is 13.8. The van der Waals surface area contributed by atoms with Crippen molar-refractivity contribution in [2.24, 2.45) is 11.8 Å². The van der Waals surface area contributed by atoms with Crippen LogP contribution >= 0.6 is 0 Å². The van der Waals surface area contributed by atoms with Crippen molar-refractivity contribution in [1.82, 2.24) is 4.90 Å². The van der Waals surface area contributed by atoms with E-state index in [4.69, 9.17) is 4.74 Å². The lowest BCUT2D eigenvalue weighted by Crippen LogP contribution is -2.43. The van der Waals surface area contributed by atoms with Gasteiger partial charge in [0.2, 0.25) is 0 Å². The monoisotopic (exact) mass is 245 g/mol. The Hall–Kier alpha value is -0.730. The molecule has 1 aliphatic rings. The van der Waals surface area contributed by atoms with Crippen LogP contribution in [0.3, 0.4) is 0 Å². The molecule has 1 fully saturated rings. The van der Waals surface area contributed by atoms with Gasteiger partial charge in [0.1, 0.15) is 0 Å². The molecule has 1 saturated heterocycles. The fourth-order valence-electron chi connectivity index (χ4n) is 2.05. The predicted octanol–water partition coefficient (Wildman–Crippen LogP) is 4.17. The van der Waals surface area contributed by atoms with Crippen LogP contribution in [0.4, 0.5) is 4.79 Å². The van der Waals surface area contributed by atoms with Gasteiger partial charge in [-0.2, -0.15) is 0 Å². The van der Waals surface area contributed by atoms with Gasteiger partial charge < -0.3 is 9.64 Å². The van der Waals surface area contributed by atoms with E-state index in [0.717, 1.165) is 19.5 Å². The van der Waals surface area contributed by atoms with E-state index < -0.39 is 0 Å². The molecule has 1 heterocycles. The van der Waals surface area contributed by atoms with Crippen molar-refractivity contribution in [2.45, 2.75) is 54.4 Å². The van der Waals surface area contributed by atoms with E-state index in [2.05, 4.69) is 13.8 Å². The van der Waals surface area contributed by atoms with E-state index in [1.807, 2.05) is 32.6 Å². The number of hydrogen-bond acceptors (Lipinski definition) is 2. The minimum atomic E-state index is -0.176. The van der Waals surface area contributed by atoms with Crippen molar-refractivity contribution in [3.63, 3.8) is 0 Å². The van der Waals surface area contributed by atoms with Gasteiger partial charge in [0.15, 0.2) is 0 Å². The Kier molecular flexibility index (Phi) is 12.9. The number of carbonyl (C=O) groups excluding carboxylic acids is 1. The summed E-state index contributed by atoms with van der Waals surface area (Å²) in [5.74, 6) is 1.26. The van der Waals surface area contributed by atoms with Crippen LogP contribution in [0.25, 0.3) is 0 Å². The molecule has 0 radical (unpaired) electrons. The summed E-state index contributed by atoms with van der Waals surface area (Å²) in [6.45, 7) is 14.1. The van der Waals surface area contributed by atoms with Gasteiger partial charge in [0.25, 0.3) is 0 Å². The standard InChI is InChI=1S/C10H19NO2.2C2H6/c1-4-9-5-8(2)6-11(7-9)10(12)13-3;2*1-2/h8-9H,4-7H2,1-3H3;2*1-2H3. The van der Waals surface area contributed by atoms with E-state index >= 15 is 0 Å². The highest BCUT2D eigenvalue weighted by Gasteiger charge is 2.26. The van der Waals surface area contributed by atoms with Crippen LogP contribution in [0.1, 0.15) is 54.4 Å². The highest BCUT2D eigenvalue weighted by atomic mass is 16.5. The molecule has 0 N–H and O–H groups in total. The average Bonchev–Trinajstić information content (AvgIpc) is 2.41. The van der Waals surface area contributed by atoms with Crippen molar-refractivity contribution in [3.05, 3.63) is 0 Å². The molecule has 1 rings (SSSR count). The molecule has 2 atom stereocenters. The number of amides is 1. The Morgan fingerprint density at radius 1 is 1.24 bits per heavy atom. The van der Waals surface area contributed by atoms with E-state index in [1.54, 1.807) is 0 Å². The van der Waals surface area contributed by atoms with Gasteiger partial charge in [-0.15, -0.1) is 0 Å². The largest absolute Gasteiger partial charge is 0.453 e. The molecule has 1 aliphatic heterocycles. The number of methoxy groups -OCH3 is 1. The summed E-state index contributed by atoms with van der Waals surface area (Å²) >= 11 is 0. The summed E-state index contributed by atoms with van der Waals surface area (Å²) in [5.41, 5.74) is 0. The SMILES string of the molecule is CC.CC.CCC1CC(C)CN(C(=O)OC)C1. The summed E-state index contributed by atoms with van der Waals surface area (Å²) in [6, 6.07) is 0. The zero-order valence-electron chi connectivity index (χ0n) is 12.7. The van der Waals surface area contributed by atoms with Gasteiger partial charge in [-0.25, -0.2) is 4.79 Å². The van der Waals surface area contributed by atoms with Crippen molar-refractivity contribution in [3.8, 4) is 0 Å². The highest BCUT2D eigenvalue weighted by molar-refractivity contribution is 5.67. The van der Waals surface area contributed by atoms with E-state index in [0.29, 0.717) is 11.8 Å². The molecule has 0 spiro atoms. The Bertz CT molecular complexity index is 183. The van der Waals surface area contributed by atoms with Crippen molar-refractivity contribution in [1.29, 1.82) is 0 Å². The van der Waals surface area contributed by atoms with Crippen LogP contribution in [0.2, 0.25) is 0 Å². The molecular formula is C14H31NO2. The van der Waals surface area contributed by atoms with Gasteiger partial charge in [-0.3, -0.25) is 0 Å². The molecule has 17 heavy (non-hydrogen) atoms. The first-order valence-corrected chi connectivity index (χ1v) is 7.00. The molecule has 0 aliphatic carbocycles. The molecule has 0 aromatic carbocycles. The lowest BCUT2D eigenvalue weighted by atomic mass is 9.89. The lowest BCUT2D eigenvalue weighted by molar-refractivity contribution is 0.0861. The second kappa shape index (κ2) is 11.7. The maximum absolute atomic E-state index is 11.3. The van der Waals surface area contributed by atoms with Crippen LogP contribution in [-0.2, 0) is 4.74 Å². The molecule has 0 aromatic rings. The summed E-state index contributed by atoms with van der Waals surface area (Å²) in [7, 11) is 1.45. The van der Waals surface area contributed by atoms with Crippen LogP contribution in [0.15, 0.2) is 0 Å². The maximum atomic E-state index is 11.3. The number of piperidine rings is 1. The molecule has 0 bridgehead atoms. The van der Waals surface area contributed by atoms with Crippen LogP contribution in [0.5, 0.6) is 0 Å². The lowest BCUT2D eigenvalue weighted by Gasteiger charge is -2.35. The quantitative estimate of drug-likeness (QED) is 0.694. The van der Waals surface area contributed by atoms with Gasteiger partial charge in [-0.05, 0) is 18.3 Å². The van der Waals surface area contributed by atoms with Crippen LogP contribution in [0, 0.1) is 11.8 Å². The molecule has 2 unspecified atom stereocenters. The minimum Gasteiger partial charge on any atom is -0.453 e. The third-order valence-electron chi connectivity index (χ3n) is 2.76. The van der Waals surface area contributed by atoms with Crippen LogP contribution < -0.4 is 0 Å². The van der Waals surface area contributed by atoms with Crippen LogP contribution in [-0.4, -0.2) is 31.2 Å². The topological polar surface area (TPSA) is 29.5 Å². The number of ether oxygens (including phenoxy) is 1. The Morgan fingerprint density at radius 3 is 2.18 bits per heavy atom. The summed E-state index contributed by atoms with van der Waals surface area (Å²) < 4.78 is 4.72. The summed E-state index contributed by atoms with van der Waals surface area (Å²) in [6.07, 6.45) is 2.21. The van der Waals surface area contributed by atoms with Gasteiger partial charge in [-0.1, -0.05) is 48.0 Å². The number of likely N-dealkylation sites (tertiary alicyclic amines) is 1. The molecule has 3 heteroatoms. The number of hydrogen-bond donors (Lipinski definition) is 0. The normalized spacial score (nSPS) is 22.6. The molecular weight excluding hydrogens is 214 g/mol.